The van der Waals surface area contributed by atoms with E-state index in [4.69, 9.17) is 4.74 Å². The zero-order chi connectivity index (χ0) is 11.5. The van der Waals surface area contributed by atoms with Crippen molar-refractivity contribution in [3.8, 4) is 0 Å². The van der Waals surface area contributed by atoms with Crippen LogP contribution in [0, 0.1) is 5.92 Å². The van der Waals surface area contributed by atoms with E-state index in [2.05, 4.69) is 31.0 Å². The standard InChI is InChI=1S/C8H17NO.C4H11N/c1-8(2)7-9-3-5-10-6-4-9;1-3-4-5-2/h8H,3-7H2,1-2H3;5H,3-4H2,1-2H3. The maximum absolute atomic E-state index is 5.24. The lowest BCUT2D eigenvalue weighted by atomic mass is 10.2. The van der Waals surface area contributed by atoms with Crippen molar-refractivity contribution >= 4 is 0 Å². The Morgan fingerprint density at radius 1 is 1.27 bits per heavy atom. The fraction of sp³-hybridized carbons (Fsp3) is 1.00. The maximum Gasteiger partial charge on any atom is 0.0594 e. The van der Waals surface area contributed by atoms with Crippen molar-refractivity contribution in [1.82, 2.24) is 10.2 Å². The van der Waals surface area contributed by atoms with Gasteiger partial charge in [0.25, 0.3) is 0 Å². The Morgan fingerprint density at radius 2 is 1.87 bits per heavy atom. The monoisotopic (exact) mass is 216 g/mol. The zero-order valence-corrected chi connectivity index (χ0v) is 10.9. The number of nitrogens with one attached hydrogen (secondary N) is 1. The Balaban J connectivity index is 0.000000336. The van der Waals surface area contributed by atoms with Gasteiger partial charge in [-0.15, -0.1) is 0 Å². The summed E-state index contributed by atoms with van der Waals surface area (Å²) >= 11 is 0. The summed E-state index contributed by atoms with van der Waals surface area (Å²) < 4.78 is 5.24. The molecule has 0 atom stereocenters. The van der Waals surface area contributed by atoms with Crippen molar-refractivity contribution in [3.63, 3.8) is 0 Å². The lowest BCUT2D eigenvalue weighted by Gasteiger charge is -2.27. The molecule has 3 heteroatoms. The third-order valence-corrected chi connectivity index (χ3v) is 2.23. The zero-order valence-electron chi connectivity index (χ0n) is 10.9. The molecule has 1 N–H and O–H groups in total. The molecule has 1 heterocycles. The Bertz CT molecular complexity index is 121. The summed E-state index contributed by atoms with van der Waals surface area (Å²) in [6, 6.07) is 0. The molecular weight excluding hydrogens is 188 g/mol. The van der Waals surface area contributed by atoms with Crippen LogP contribution in [-0.2, 0) is 4.74 Å². The molecule has 1 aliphatic rings. The topological polar surface area (TPSA) is 24.5 Å². The average Bonchev–Trinajstić information content (AvgIpc) is 2.20. The highest BCUT2D eigenvalue weighted by Gasteiger charge is 2.10. The molecule has 0 aromatic carbocycles. The number of hydrogen-bond acceptors (Lipinski definition) is 3. The van der Waals surface area contributed by atoms with Gasteiger partial charge in [-0.05, 0) is 25.9 Å². The molecule has 1 fully saturated rings. The number of rotatable bonds is 4. The van der Waals surface area contributed by atoms with Gasteiger partial charge in [0.05, 0.1) is 13.2 Å². The highest BCUT2D eigenvalue weighted by molar-refractivity contribution is 4.62. The predicted molar refractivity (Wildman–Crippen MR) is 66.3 cm³/mol. The fourth-order valence-electron chi connectivity index (χ4n) is 1.55. The molecule has 0 unspecified atom stereocenters. The maximum atomic E-state index is 5.24. The van der Waals surface area contributed by atoms with Gasteiger partial charge in [0.2, 0.25) is 0 Å². The molecule has 0 radical (unpaired) electrons. The van der Waals surface area contributed by atoms with Crippen LogP contribution in [0.4, 0.5) is 0 Å². The Kier molecular flexibility index (Phi) is 10.3. The number of morpholine rings is 1. The first-order chi connectivity index (χ1) is 7.20. The van der Waals surface area contributed by atoms with Gasteiger partial charge in [-0.1, -0.05) is 20.8 Å². The number of nitrogens with zero attached hydrogens (tertiary/aromatic N) is 1. The van der Waals surface area contributed by atoms with E-state index in [0.717, 1.165) is 38.8 Å². The van der Waals surface area contributed by atoms with Crippen molar-refractivity contribution in [2.45, 2.75) is 27.2 Å². The van der Waals surface area contributed by atoms with E-state index in [-0.39, 0.29) is 0 Å². The minimum absolute atomic E-state index is 0.790. The first kappa shape index (κ1) is 14.9. The van der Waals surface area contributed by atoms with Gasteiger partial charge in [-0.2, -0.15) is 0 Å². The van der Waals surface area contributed by atoms with Crippen molar-refractivity contribution in [3.05, 3.63) is 0 Å². The van der Waals surface area contributed by atoms with E-state index in [1.165, 1.54) is 13.0 Å². The molecule has 3 nitrogen and oxygen atoms in total. The summed E-state index contributed by atoms with van der Waals surface area (Å²) in [5, 5.41) is 3.02. The highest BCUT2D eigenvalue weighted by atomic mass is 16.5. The van der Waals surface area contributed by atoms with Gasteiger partial charge in [0, 0.05) is 19.6 Å². The van der Waals surface area contributed by atoms with Gasteiger partial charge in [-0.3, -0.25) is 4.90 Å². The molecule has 92 valence electrons. The molecular formula is C12H28N2O. The minimum atomic E-state index is 0.790. The van der Waals surface area contributed by atoms with Gasteiger partial charge in [-0.25, -0.2) is 0 Å². The van der Waals surface area contributed by atoms with Crippen LogP contribution in [0.1, 0.15) is 27.2 Å². The Labute approximate surface area is 95.2 Å². The summed E-state index contributed by atoms with van der Waals surface area (Å²) in [6.07, 6.45) is 1.23. The van der Waals surface area contributed by atoms with Crippen molar-refractivity contribution < 1.29 is 4.74 Å². The highest BCUT2D eigenvalue weighted by Crippen LogP contribution is 2.01. The molecule has 0 saturated carbocycles. The minimum Gasteiger partial charge on any atom is -0.379 e. The van der Waals surface area contributed by atoms with Crippen LogP contribution < -0.4 is 5.32 Å². The molecule has 0 bridgehead atoms. The lowest BCUT2D eigenvalue weighted by molar-refractivity contribution is 0.0329. The molecule has 1 saturated heterocycles. The average molecular weight is 216 g/mol. The molecule has 0 spiro atoms. The summed E-state index contributed by atoms with van der Waals surface area (Å²) in [5.74, 6) is 0.790. The SMILES string of the molecule is CC(C)CN1CCOCC1.CCCNC. The second-order valence-corrected chi connectivity index (χ2v) is 4.41. The van der Waals surface area contributed by atoms with E-state index >= 15 is 0 Å². The lowest BCUT2D eigenvalue weighted by Crippen LogP contribution is -2.38. The van der Waals surface area contributed by atoms with Gasteiger partial charge in [0.15, 0.2) is 0 Å². The van der Waals surface area contributed by atoms with E-state index in [0.29, 0.717) is 0 Å². The fourth-order valence-corrected chi connectivity index (χ4v) is 1.55. The molecule has 0 aromatic heterocycles. The molecule has 1 aliphatic heterocycles. The second kappa shape index (κ2) is 10.4. The summed E-state index contributed by atoms with van der Waals surface area (Å²) in [6.45, 7) is 13.1. The number of hydrogen-bond donors (Lipinski definition) is 1. The van der Waals surface area contributed by atoms with Crippen LogP contribution in [0.2, 0.25) is 0 Å². The van der Waals surface area contributed by atoms with Crippen LogP contribution in [0.25, 0.3) is 0 Å². The second-order valence-electron chi connectivity index (χ2n) is 4.41. The van der Waals surface area contributed by atoms with Gasteiger partial charge < -0.3 is 10.1 Å². The molecule has 0 aliphatic carbocycles. The van der Waals surface area contributed by atoms with Crippen LogP contribution in [0.15, 0.2) is 0 Å². The van der Waals surface area contributed by atoms with Gasteiger partial charge in [0.1, 0.15) is 0 Å². The van der Waals surface area contributed by atoms with Crippen LogP contribution in [0.5, 0.6) is 0 Å². The van der Waals surface area contributed by atoms with Crippen LogP contribution >= 0.6 is 0 Å². The van der Waals surface area contributed by atoms with Crippen LogP contribution in [0.3, 0.4) is 0 Å². The number of ether oxygens (including phenoxy) is 1. The van der Waals surface area contributed by atoms with Crippen molar-refractivity contribution in [2.24, 2.45) is 5.92 Å². The van der Waals surface area contributed by atoms with Gasteiger partial charge >= 0.3 is 0 Å². The molecule has 0 amide bonds. The van der Waals surface area contributed by atoms with Crippen molar-refractivity contribution in [2.75, 3.05) is 46.4 Å². The first-order valence-corrected chi connectivity index (χ1v) is 6.15. The van der Waals surface area contributed by atoms with E-state index < -0.39 is 0 Å². The summed E-state index contributed by atoms with van der Waals surface area (Å²) in [4.78, 5) is 2.47. The van der Waals surface area contributed by atoms with E-state index in [9.17, 15) is 0 Å². The van der Waals surface area contributed by atoms with Crippen molar-refractivity contribution in [1.29, 1.82) is 0 Å². The third kappa shape index (κ3) is 10.2. The molecule has 15 heavy (non-hydrogen) atoms. The Morgan fingerprint density at radius 3 is 2.20 bits per heavy atom. The molecule has 1 rings (SSSR count). The first-order valence-electron chi connectivity index (χ1n) is 6.15. The largest absolute Gasteiger partial charge is 0.379 e. The van der Waals surface area contributed by atoms with E-state index in [1.807, 2.05) is 7.05 Å². The normalized spacial score (nSPS) is 17.4. The third-order valence-electron chi connectivity index (χ3n) is 2.23. The Hall–Kier alpha value is -0.120. The molecule has 0 aromatic rings. The summed E-state index contributed by atoms with van der Waals surface area (Å²) in [5.41, 5.74) is 0. The summed E-state index contributed by atoms with van der Waals surface area (Å²) in [7, 11) is 1.96. The predicted octanol–water partition coefficient (Wildman–Crippen LogP) is 1.59. The van der Waals surface area contributed by atoms with Crippen LogP contribution in [-0.4, -0.2) is 51.3 Å². The smallest absolute Gasteiger partial charge is 0.0594 e. The van der Waals surface area contributed by atoms with E-state index in [1.54, 1.807) is 0 Å². The quantitative estimate of drug-likeness (QED) is 0.772.